The van der Waals surface area contributed by atoms with Gasteiger partial charge < -0.3 is 14.8 Å². The predicted octanol–water partition coefficient (Wildman–Crippen LogP) is 7.07. The summed E-state index contributed by atoms with van der Waals surface area (Å²) in [6.07, 6.45) is 17.8. The van der Waals surface area contributed by atoms with E-state index in [1.54, 1.807) is 0 Å². The van der Waals surface area contributed by atoms with Crippen LogP contribution in [0.5, 0.6) is 0 Å². The summed E-state index contributed by atoms with van der Waals surface area (Å²) < 4.78 is 12.0. The average Bonchev–Trinajstić information content (AvgIpc) is 2.82. The molecule has 198 valence electrons. The standard InChI is InChI=1S/C29H60N2O2/c1-6-9-11-13-16-27(4)24-30-25-28-26-31(20-23-33-28)19-22-32-21-15-18-29(5,8-3)17-14-12-10-7-2/h27-28,30H,6-26H2,1-5H3. The van der Waals surface area contributed by atoms with Crippen LogP contribution >= 0.6 is 0 Å². The maximum atomic E-state index is 6.02. The number of rotatable bonds is 22. The van der Waals surface area contributed by atoms with Crippen molar-refractivity contribution in [2.24, 2.45) is 11.3 Å². The number of nitrogens with one attached hydrogen (secondary N) is 1. The van der Waals surface area contributed by atoms with E-state index in [9.17, 15) is 0 Å². The maximum absolute atomic E-state index is 6.02. The molecule has 3 unspecified atom stereocenters. The van der Waals surface area contributed by atoms with Crippen LogP contribution in [0.25, 0.3) is 0 Å². The third kappa shape index (κ3) is 16.2. The molecule has 1 fully saturated rings. The first-order valence-electron chi connectivity index (χ1n) is 14.6. The summed E-state index contributed by atoms with van der Waals surface area (Å²) in [4.78, 5) is 2.52. The molecule has 1 N–H and O–H groups in total. The number of morpholine rings is 1. The van der Waals surface area contributed by atoms with Gasteiger partial charge in [-0.2, -0.15) is 0 Å². The van der Waals surface area contributed by atoms with E-state index >= 15 is 0 Å². The molecule has 0 aromatic rings. The van der Waals surface area contributed by atoms with Gasteiger partial charge >= 0.3 is 0 Å². The molecule has 3 atom stereocenters. The van der Waals surface area contributed by atoms with Crippen molar-refractivity contribution >= 4 is 0 Å². The second-order valence-corrected chi connectivity index (χ2v) is 11.1. The minimum atomic E-state index is 0.323. The normalized spacial score (nSPS) is 20.1. The molecule has 1 aliphatic heterocycles. The molecule has 0 spiro atoms. The highest BCUT2D eigenvalue weighted by molar-refractivity contribution is 4.75. The first-order chi connectivity index (χ1) is 16.0. The quantitative estimate of drug-likeness (QED) is 0.172. The van der Waals surface area contributed by atoms with E-state index in [-0.39, 0.29) is 0 Å². The number of hydrogen-bond donors (Lipinski definition) is 1. The molecule has 0 bridgehead atoms. The molecule has 0 aromatic heterocycles. The Morgan fingerprint density at radius 2 is 1.70 bits per heavy atom. The zero-order valence-electron chi connectivity index (χ0n) is 23.3. The third-order valence-electron chi connectivity index (χ3n) is 7.75. The third-order valence-corrected chi connectivity index (χ3v) is 7.75. The van der Waals surface area contributed by atoms with Crippen LogP contribution in [0.15, 0.2) is 0 Å². The summed E-state index contributed by atoms with van der Waals surface area (Å²) in [5, 5.41) is 3.66. The van der Waals surface area contributed by atoms with Crippen molar-refractivity contribution in [3.8, 4) is 0 Å². The fourth-order valence-corrected chi connectivity index (χ4v) is 4.97. The maximum Gasteiger partial charge on any atom is 0.0826 e. The Morgan fingerprint density at radius 3 is 2.42 bits per heavy atom. The molecular formula is C29H60N2O2. The van der Waals surface area contributed by atoms with E-state index in [1.165, 1.54) is 83.5 Å². The van der Waals surface area contributed by atoms with Crippen molar-refractivity contribution in [1.82, 2.24) is 10.2 Å². The second-order valence-electron chi connectivity index (χ2n) is 11.1. The number of hydrogen-bond acceptors (Lipinski definition) is 4. The Kier molecular flexibility index (Phi) is 18.8. The van der Waals surface area contributed by atoms with Gasteiger partial charge in [0.25, 0.3) is 0 Å². The Morgan fingerprint density at radius 1 is 0.970 bits per heavy atom. The van der Waals surface area contributed by atoms with Gasteiger partial charge in [0, 0.05) is 32.8 Å². The number of nitrogens with zero attached hydrogens (tertiary/aromatic N) is 1. The molecule has 1 saturated heterocycles. The lowest BCUT2D eigenvalue weighted by Gasteiger charge is -2.33. The van der Waals surface area contributed by atoms with Crippen LogP contribution in [0.4, 0.5) is 0 Å². The molecular weight excluding hydrogens is 408 g/mol. The molecule has 33 heavy (non-hydrogen) atoms. The molecule has 1 aliphatic rings. The van der Waals surface area contributed by atoms with Crippen molar-refractivity contribution in [2.75, 3.05) is 52.5 Å². The molecule has 4 nitrogen and oxygen atoms in total. The molecule has 1 rings (SSSR count). The molecule has 4 heteroatoms. The minimum Gasteiger partial charge on any atom is -0.380 e. The van der Waals surface area contributed by atoms with E-state index in [1.807, 2.05) is 0 Å². The fourth-order valence-electron chi connectivity index (χ4n) is 4.97. The molecule has 0 amide bonds. The predicted molar refractivity (Wildman–Crippen MR) is 144 cm³/mol. The van der Waals surface area contributed by atoms with Crippen molar-refractivity contribution in [1.29, 1.82) is 0 Å². The van der Waals surface area contributed by atoms with Gasteiger partial charge in [0.2, 0.25) is 0 Å². The zero-order valence-corrected chi connectivity index (χ0v) is 23.3. The SMILES string of the molecule is CCCCCCC(C)CNCC1CN(CCOCCCC(C)(CC)CCCCCC)CCO1. The van der Waals surface area contributed by atoms with Crippen LogP contribution in [0, 0.1) is 11.3 Å². The van der Waals surface area contributed by atoms with Crippen molar-refractivity contribution in [3.63, 3.8) is 0 Å². The molecule has 1 heterocycles. The van der Waals surface area contributed by atoms with Crippen LogP contribution < -0.4 is 5.32 Å². The minimum absolute atomic E-state index is 0.323. The summed E-state index contributed by atoms with van der Waals surface area (Å²) >= 11 is 0. The van der Waals surface area contributed by atoms with Crippen LogP contribution in [0.3, 0.4) is 0 Å². The van der Waals surface area contributed by atoms with Gasteiger partial charge in [-0.3, -0.25) is 4.90 Å². The van der Waals surface area contributed by atoms with Gasteiger partial charge in [0.1, 0.15) is 0 Å². The van der Waals surface area contributed by atoms with Crippen molar-refractivity contribution in [2.45, 2.75) is 124 Å². The second kappa shape index (κ2) is 20.1. The molecule has 0 aromatic carbocycles. The van der Waals surface area contributed by atoms with Crippen LogP contribution in [-0.4, -0.2) is 63.5 Å². The van der Waals surface area contributed by atoms with Gasteiger partial charge in [-0.25, -0.2) is 0 Å². The van der Waals surface area contributed by atoms with Crippen LogP contribution in [-0.2, 0) is 9.47 Å². The van der Waals surface area contributed by atoms with Crippen LogP contribution in [0.2, 0.25) is 0 Å². The van der Waals surface area contributed by atoms with Gasteiger partial charge in [-0.1, -0.05) is 92.4 Å². The zero-order chi connectivity index (χ0) is 24.2. The van der Waals surface area contributed by atoms with E-state index < -0.39 is 0 Å². The van der Waals surface area contributed by atoms with Gasteiger partial charge in [-0.15, -0.1) is 0 Å². The van der Waals surface area contributed by atoms with Crippen molar-refractivity contribution < 1.29 is 9.47 Å². The Balaban J connectivity index is 2.07. The summed E-state index contributed by atoms with van der Waals surface area (Å²) in [5.41, 5.74) is 0.508. The highest BCUT2D eigenvalue weighted by Gasteiger charge is 2.22. The lowest BCUT2D eigenvalue weighted by atomic mass is 9.78. The first-order valence-corrected chi connectivity index (χ1v) is 14.6. The molecule has 0 saturated carbocycles. The van der Waals surface area contributed by atoms with Gasteiger partial charge in [-0.05, 0) is 43.6 Å². The van der Waals surface area contributed by atoms with E-state index in [2.05, 4.69) is 44.8 Å². The number of ether oxygens (including phenoxy) is 2. The monoisotopic (exact) mass is 468 g/mol. The average molecular weight is 469 g/mol. The molecule has 0 aliphatic carbocycles. The largest absolute Gasteiger partial charge is 0.380 e. The smallest absolute Gasteiger partial charge is 0.0826 e. The first kappa shape index (κ1) is 30.9. The number of unbranched alkanes of at least 4 members (excludes halogenated alkanes) is 6. The highest BCUT2D eigenvalue weighted by Crippen LogP contribution is 2.33. The Labute approximate surface area is 207 Å². The lowest BCUT2D eigenvalue weighted by molar-refractivity contribution is -0.0354. The van der Waals surface area contributed by atoms with Gasteiger partial charge in [0.05, 0.1) is 19.3 Å². The summed E-state index contributed by atoms with van der Waals surface area (Å²) in [6.45, 7) is 19.6. The lowest BCUT2D eigenvalue weighted by Crippen LogP contribution is -2.48. The topological polar surface area (TPSA) is 33.7 Å². The summed E-state index contributed by atoms with van der Waals surface area (Å²) in [6, 6.07) is 0. The Bertz CT molecular complexity index is 434. The van der Waals surface area contributed by atoms with Crippen molar-refractivity contribution in [3.05, 3.63) is 0 Å². The fraction of sp³-hybridized carbons (Fsp3) is 1.00. The van der Waals surface area contributed by atoms with Gasteiger partial charge in [0.15, 0.2) is 0 Å². The van der Waals surface area contributed by atoms with E-state index in [0.717, 1.165) is 58.5 Å². The van der Waals surface area contributed by atoms with E-state index in [4.69, 9.17) is 9.47 Å². The highest BCUT2D eigenvalue weighted by atomic mass is 16.5. The summed E-state index contributed by atoms with van der Waals surface area (Å²) in [5.74, 6) is 0.765. The summed E-state index contributed by atoms with van der Waals surface area (Å²) in [7, 11) is 0. The van der Waals surface area contributed by atoms with Crippen LogP contribution in [0.1, 0.15) is 118 Å². The molecule has 0 radical (unpaired) electrons. The van der Waals surface area contributed by atoms with E-state index in [0.29, 0.717) is 11.5 Å². The Hall–Kier alpha value is -0.160.